The molecule has 0 aliphatic carbocycles. The number of amides is 1. The molecule has 3 aromatic rings. The van der Waals surface area contributed by atoms with E-state index in [1.54, 1.807) is 24.3 Å². The fourth-order valence-corrected chi connectivity index (χ4v) is 3.32. The minimum atomic E-state index is -0.250. The summed E-state index contributed by atoms with van der Waals surface area (Å²) in [6.45, 7) is 6.57. The zero-order chi connectivity index (χ0) is 21.7. The lowest BCUT2D eigenvalue weighted by atomic mass is 10.1. The normalized spacial score (nSPS) is 11.4. The highest BCUT2D eigenvalue weighted by Crippen LogP contribution is 2.15. The van der Waals surface area contributed by atoms with E-state index in [0.29, 0.717) is 23.1 Å². The van der Waals surface area contributed by atoms with Crippen LogP contribution in [-0.4, -0.2) is 28.2 Å². The number of nitrogens with zero attached hydrogens (tertiary/aromatic N) is 3. The second-order valence-electron chi connectivity index (χ2n) is 7.15. The quantitative estimate of drug-likeness (QED) is 0.470. The molecule has 2 N–H and O–H groups in total. The van der Waals surface area contributed by atoms with Gasteiger partial charge in [-0.2, -0.15) is 5.10 Å². The second-order valence-corrected chi connectivity index (χ2v) is 7.59. The Bertz CT molecular complexity index is 1070. The van der Waals surface area contributed by atoms with Crippen LogP contribution in [0.1, 0.15) is 32.9 Å². The SMILES string of the molecule is Cc1ccccc1NC(=NCCc1c(C)nn(C)c1C)NC(=O)c1ccc(Cl)cc1. The lowest BCUT2D eigenvalue weighted by molar-refractivity contribution is 0.0977. The third-order valence-corrected chi connectivity index (χ3v) is 5.28. The van der Waals surface area contributed by atoms with Crippen molar-refractivity contribution in [2.24, 2.45) is 12.0 Å². The molecule has 1 heterocycles. The topological polar surface area (TPSA) is 71.3 Å². The summed E-state index contributed by atoms with van der Waals surface area (Å²) in [6.07, 6.45) is 0.737. The average Bonchev–Trinajstić information content (AvgIpc) is 2.96. The predicted octanol–water partition coefficient (Wildman–Crippen LogP) is 4.44. The molecule has 0 unspecified atom stereocenters. The second kappa shape index (κ2) is 9.59. The fraction of sp³-hybridized carbons (Fsp3) is 0.261. The monoisotopic (exact) mass is 423 g/mol. The first kappa shape index (κ1) is 21.6. The molecule has 0 saturated heterocycles. The van der Waals surface area contributed by atoms with Crippen LogP contribution in [0, 0.1) is 20.8 Å². The van der Waals surface area contributed by atoms with Gasteiger partial charge in [0.25, 0.3) is 5.91 Å². The molecule has 0 saturated carbocycles. The van der Waals surface area contributed by atoms with E-state index in [1.807, 2.05) is 56.8 Å². The van der Waals surface area contributed by atoms with E-state index < -0.39 is 0 Å². The lowest BCUT2D eigenvalue weighted by Gasteiger charge is -2.14. The molecule has 0 atom stereocenters. The maximum Gasteiger partial charge on any atom is 0.257 e. The number of halogens is 1. The van der Waals surface area contributed by atoms with Crippen LogP contribution in [0.4, 0.5) is 5.69 Å². The molecule has 1 amide bonds. The summed E-state index contributed by atoms with van der Waals surface area (Å²) in [5, 5.41) is 11.2. The summed E-state index contributed by atoms with van der Waals surface area (Å²) in [5.41, 5.74) is 5.77. The average molecular weight is 424 g/mol. The fourth-order valence-electron chi connectivity index (χ4n) is 3.19. The van der Waals surface area contributed by atoms with Gasteiger partial charge in [-0.15, -0.1) is 0 Å². The van der Waals surface area contributed by atoms with Crippen molar-refractivity contribution in [3.05, 3.63) is 81.6 Å². The van der Waals surface area contributed by atoms with Crippen molar-refractivity contribution in [3.8, 4) is 0 Å². The van der Waals surface area contributed by atoms with Gasteiger partial charge in [-0.25, -0.2) is 0 Å². The zero-order valence-corrected chi connectivity index (χ0v) is 18.4. The highest BCUT2D eigenvalue weighted by Gasteiger charge is 2.12. The summed E-state index contributed by atoms with van der Waals surface area (Å²) < 4.78 is 1.88. The summed E-state index contributed by atoms with van der Waals surface area (Å²) in [7, 11) is 1.94. The molecule has 2 aromatic carbocycles. The Hall–Kier alpha value is -3.12. The van der Waals surface area contributed by atoms with Gasteiger partial charge in [-0.05, 0) is 68.7 Å². The minimum Gasteiger partial charge on any atom is -0.326 e. The molecule has 0 spiro atoms. The molecule has 0 aliphatic rings. The largest absolute Gasteiger partial charge is 0.326 e. The molecule has 3 rings (SSSR count). The Kier molecular flexibility index (Phi) is 6.90. The Balaban J connectivity index is 1.79. The molecule has 30 heavy (non-hydrogen) atoms. The first-order valence-corrected chi connectivity index (χ1v) is 10.2. The Morgan fingerprint density at radius 1 is 1.10 bits per heavy atom. The van der Waals surface area contributed by atoms with Gasteiger partial charge in [0.1, 0.15) is 0 Å². The highest BCUT2D eigenvalue weighted by molar-refractivity contribution is 6.30. The summed E-state index contributed by atoms with van der Waals surface area (Å²) in [5.74, 6) is 0.156. The number of benzene rings is 2. The van der Waals surface area contributed by atoms with Crippen molar-refractivity contribution >= 4 is 29.2 Å². The number of aryl methyl sites for hydroxylation is 3. The van der Waals surface area contributed by atoms with E-state index in [1.165, 1.54) is 5.56 Å². The van der Waals surface area contributed by atoms with Crippen LogP contribution < -0.4 is 10.6 Å². The van der Waals surface area contributed by atoms with E-state index in [-0.39, 0.29) is 5.91 Å². The van der Waals surface area contributed by atoms with Crippen molar-refractivity contribution in [3.63, 3.8) is 0 Å². The highest BCUT2D eigenvalue weighted by atomic mass is 35.5. The number of carbonyl (C=O) groups is 1. The number of aromatic nitrogens is 2. The van der Waals surface area contributed by atoms with Gasteiger partial charge >= 0.3 is 0 Å². The molecule has 0 radical (unpaired) electrons. The molecule has 156 valence electrons. The Morgan fingerprint density at radius 2 is 1.80 bits per heavy atom. The van der Waals surface area contributed by atoms with E-state index in [4.69, 9.17) is 11.6 Å². The Labute approximate surface area is 182 Å². The van der Waals surface area contributed by atoms with Gasteiger partial charge in [0.05, 0.1) is 5.69 Å². The molecular formula is C23H26ClN5O. The first-order valence-electron chi connectivity index (χ1n) is 9.78. The smallest absolute Gasteiger partial charge is 0.257 e. The molecule has 0 bridgehead atoms. The molecule has 0 fully saturated rings. The number of para-hydroxylation sites is 1. The van der Waals surface area contributed by atoms with Crippen molar-refractivity contribution in [2.75, 3.05) is 11.9 Å². The van der Waals surface area contributed by atoms with E-state index in [0.717, 1.165) is 29.1 Å². The van der Waals surface area contributed by atoms with E-state index >= 15 is 0 Å². The van der Waals surface area contributed by atoms with Gasteiger partial charge in [0, 0.05) is 35.6 Å². The number of nitrogens with one attached hydrogen (secondary N) is 2. The number of rotatable bonds is 5. The van der Waals surface area contributed by atoms with Crippen LogP contribution in [0.15, 0.2) is 53.5 Å². The van der Waals surface area contributed by atoms with Gasteiger partial charge < -0.3 is 5.32 Å². The number of hydrogen-bond acceptors (Lipinski definition) is 3. The van der Waals surface area contributed by atoms with Crippen molar-refractivity contribution in [1.82, 2.24) is 15.1 Å². The predicted molar refractivity (Wildman–Crippen MR) is 122 cm³/mol. The van der Waals surface area contributed by atoms with Crippen molar-refractivity contribution in [2.45, 2.75) is 27.2 Å². The maximum absolute atomic E-state index is 12.7. The third-order valence-electron chi connectivity index (χ3n) is 5.03. The number of guanidine groups is 1. The molecule has 6 nitrogen and oxygen atoms in total. The first-order chi connectivity index (χ1) is 14.3. The summed E-state index contributed by atoms with van der Waals surface area (Å²) >= 11 is 5.93. The van der Waals surface area contributed by atoms with Crippen LogP contribution in [0.5, 0.6) is 0 Å². The summed E-state index contributed by atoms with van der Waals surface area (Å²) in [4.78, 5) is 17.3. The lowest BCUT2D eigenvalue weighted by Crippen LogP contribution is -2.36. The third kappa shape index (κ3) is 5.27. The number of hydrogen-bond donors (Lipinski definition) is 2. The van der Waals surface area contributed by atoms with Crippen LogP contribution in [0.2, 0.25) is 5.02 Å². The standard InChI is InChI=1S/C23H26ClN5O/c1-15-7-5-6-8-21(15)26-23(27-22(30)18-9-11-19(24)12-10-18)25-14-13-20-16(2)28-29(4)17(20)3/h5-12H,13-14H2,1-4H3,(H2,25,26,27,30). The maximum atomic E-state index is 12.7. The van der Waals surface area contributed by atoms with Crippen LogP contribution in [0.25, 0.3) is 0 Å². The molecule has 0 aliphatic heterocycles. The molecular weight excluding hydrogens is 398 g/mol. The Morgan fingerprint density at radius 3 is 2.43 bits per heavy atom. The summed E-state index contributed by atoms with van der Waals surface area (Å²) in [6, 6.07) is 14.6. The molecule has 1 aromatic heterocycles. The van der Waals surface area contributed by atoms with Crippen molar-refractivity contribution in [1.29, 1.82) is 0 Å². The van der Waals surface area contributed by atoms with Crippen LogP contribution in [0.3, 0.4) is 0 Å². The minimum absolute atomic E-state index is 0.250. The zero-order valence-electron chi connectivity index (χ0n) is 17.7. The van der Waals surface area contributed by atoms with Crippen molar-refractivity contribution < 1.29 is 4.79 Å². The van der Waals surface area contributed by atoms with Crippen LogP contribution >= 0.6 is 11.6 Å². The van der Waals surface area contributed by atoms with Gasteiger partial charge in [0.15, 0.2) is 0 Å². The number of aliphatic imine (C=N–C) groups is 1. The van der Waals surface area contributed by atoms with Gasteiger partial charge in [-0.3, -0.25) is 19.8 Å². The number of anilines is 1. The van der Waals surface area contributed by atoms with Crippen LogP contribution in [-0.2, 0) is 13.5 Å². The van der Waals surface area contributed by atoms with E-state index in [9.17, 15) is 4.79 Å². The van der Waals surface area contributed by atoms with Gasteiger partial charge in [0.2, 0.25) is 5.96 Å². The van der Waals surface area contributed by atoms with Gasteiger partial charge in [-0.1, -0.05) is 29.8 Å². The van der Waals surface area contributed by atoms with E-state index in [2.05, 4.69) is 20.7 Å². The molecule has 7 heteroatoms. The number of carbonyl (C=O) groups excluding carboxylic acids is 1.